The highest BCUT2D eigenvalue weighted by molar-refractivity contribution is 7.94. The number of hydrogen-bond donors (Lipinski definition) is 1. The molecule has 2 aliphatic heterocycles. The second-order valence-corrected chi connectivity index (χ2v) is 8.21. The average molecular weight is 388 g/mol. The van der Waals surface area contributed by atoms with E-state index >= 15 is 0 Å². The van der Waals surface area contributed by atoms with Crippen LogP contribution in [-0.4, -0.2) is 32.8 Å². The third kappa shape index (κ3) is 3.10. The molecule has 1 fully saturated rings. The molecule has 2 heterocycles. The van der Waals surface area contributed by atoms with Gasteiger partial charge in [-0.3, -0.25) is 9.59 Å². The molecule has 0 unspecified atom stereocenters. The first-order chi connectivity index (χ1) is 12.8. The maximum Gasteiger partial charge on any atom is 0.255 e. The fourth-order valence-corrected chi connectivity index (χ4v) is 4.83. The summed E-state index contributed by atoms with van der Waals surface area (Å²) in [5.74, 6) is -0.461. The molecule has 0 spiro atoms. The monoisotopic (exact) mass is 388 g/mol. The van der Waals surface area contributed by atoms with Crippen LogP contribution in [0.15, 0.2) is 42.5 Å². The van der Waals surface area contributed by atoms with Gasteiger partial charge in [0.05, 0.1) is 17.4 Å². The fraction of sp³-hybridized carbons (Fsp3) is 0.222. The van der Waals surface area contributed by atoms with Gasteiger partial charge in [-0.25, -0.2) is 12.7 Å². The molecule has 2 aliphatic rings. The van der Waals surface area contributed by atoms with Crippen molar-refractivity contribution in [1.29, 1.82) is 0 Å². The van der Waals surface area contributed by atoms with Crippen molar-refractivity contribution in [2.45, 2.75) is 6.92 Å². The number of benzene rings is 2. The molecule has 1 atom stereocenters. The van der Waals surface area contributed by atoms with Gasteiger partial charge in [0.1, 0.15) is 0 Å². The van der Waals surface area contributed by atoms with Gasteiger partial charge in [0.2, 0.25) is 22.7 Å². The summed E-state index contributed by atoms with van der Waals surface area (Å²) in [6.45, 7) is 1.72. The highest BCUT2D eigenvalue weighted by atomic mass is 32.2. The Balaban J connectivity index is 1.52. The van der Waals surface area contributed by atoms with Crippen molar-refractivity contribution in [1.82, 2.24) is 0 Å². The number of nitrogens with one attached hydrogen (secondary N) is 1. The molecule has 1 saturated heterocycles. The number of sulfonamides is 1. The molecule has 2 aromatic carbocycles. The van der Waals surface area contributed by atoms with Gasteiger partial charge < -0.3 is 14.8 Å². The van der Waals surface area contributed by atoms with Crippen molar-refractivity contribution in [3.8, 4) is 11.5 Å². The zero-order valence-corrected chi connectivity index (χ0v) is 15.2. The lowest BCUT2D eigenvalue weighted by atomic mass is 10.1. The van der Waals surface area contributed by atoms with Crippen LogP contribution in [0, 0.1) is 5.92 Å². The van der Waals surface area contributed by atoms with Gasteiger partial charge in [0.15, 0.2) is 11.5 Å². The quantitative estimate of drug-likeness (QED) is 0.863. The van der Waals surface area contributed by atoms with Crippen LogP contribution in [0.4, 0.5) is 11.4 Å². The highest BCUT2D eigenvalue weighted by Crippen LogP contribution is 2.34. The number of hydrogen-bond acceptors (Lipinski definition) is 6. The van der Waals surface area contributed by atoms with Crippen LogP contribution < -0.4 is 19.1 Å². The first kappa shape index (κ1) is 17.3. The van der Waals surface area contributed by atoms with Gasteiger partial charge >= 0.3 is 0 Å². The van der Waals surface area contributed by atoms with E-state index in [1.807, 2.05) is 0 Å². The summed E-state index contributed by atoms with van der Waals surface area (Å²) in [5.41, 5.74) is 1.09. The van der Waals surface area contributed by atoms with Crippen LogP contribution in [0.25, 0.3) is 0 Å². The Bertz CT molecular complexity index is 1030. The third-order valence-electron chi connectivity index (χ3n) is 4.35. The Morgan fingerprint density at radius 1 is 1.11 bits per heavy atom. The molecule has 0 aromatic heterocycles. The van der Waals surface area contributed by atoms with Crippen molar-refractivity contribution in [3.63, 3.8) is 0 Å². The summed E-state index contributed by atoms with van der Waals surface area (Å²) in [5, 5.41) is 2.74. The largest absolute Gasteiger partial charge is 0.454 e. The normalized spacial score (nSPS) is 20.0. The minimum atomic E-state index is -3.67. The van der Waals surface area contributed by atoms with Gasteiger partial charge in [0.25, 0.3) is 5.91 Å². The molecule has 0 radical (unpaired) electrons. The number of rotatable bonds is 3. The van der Waals surface area contributed by atoms with Crippen LogP contribution in [0.2, 0.25) is 0 Å². The van der Waals surface area contributed by atoms with Gasteiger partial charge in [-0.05, 0) is 36.4 Å². The number of amides is 2. The van der Waals surface area contributed by atoms with Crippen molar-refractivity contribution in [3.05, 3.63) is 48.0 Å². The zero-order valence-electron chi connectivity index (χ0n) is 14.3. The average Bonchev–Trinajstić information content (AvgIpc) is 3.16. The summed E-state index contributed by atoms with van der Waals surface area (Å²) in [6, 6.07) is 10.9. The van der Waals surface area contributed by atoms with E-state index in [0.29, 0.717) is 22.7 Å². The van der Waals surface area contributed by atoms with E-state index in [9.17, 15) is 18.0 Å². The number of carbonyl (C=O) groups is 2. The Morgan fingerprint density at radius 2 is 1.81 bits per heavy atom. The summed E-state index contributed by atoms with van der Waals surface area (Å²) < 4.78 is 35.6. The predicted octanol–water partition coefficient (Wildman–Crippen LogP) is 1.98. The second kappa shape index (κ2) is 6.27. The minimum Gasteiger partial charge on any atom is -0.454 e. The lowest BCUT2D eigenvalue weighted by Crippen LogP contribution is -2.30. The number of nitrogens with zero attached hydrogens (tertiary/aromatic N) is 1. The smallest absolute Gasteiger partial charge is 0.255 e. The molecule has 2 aromatic rings. The molecule has 0 saturated carbocycles. The van der Waals surface area contributed by atoms with E-state index in [2.05, 4.69) is 5.32 Å². The topological polar surface area (TPSA) is 102 Å². The van der Waals surface area contributed by atoms with Crippen LogP contribution >= 0.6 is 0 Å². The van der Waals surface area contributed by atoms with Crippen molar-refractivity contribution >= 4 is 33.2 Å². The zero-order chi connectivity index (χ0) is 19.2. The number of carbonyl (C=O) groups excluding carboxylic acids is 2. The maximum atomic E-state index is 12.4. The lowest BCUT2D eigenvalue weighted by Gasteiger charge is -2.15. The van der Waals surface area contributed by atoms with Crippen molar-refractivity contribution in [2.24, 2.45) is 5.92 Å². The van der Waals surface area contributed by atoms with E-state index in [0.717, 1.165) is 4.31 Å². The first-order valence-corrected chi connectivity index (χ1v) is 9.84. The lowest BCUT2D eigenvalue weighted by molar-refractivity contribution is -0.119. The molecule has 2 amide bonds. The summed E-state index contributed by atoms with van der Waals surface area (Å²) >= 11 is 0. The highest BCUT2D eigenvalue weighted by Gasteiger charge is 2.41. The standard InChI is InChI=1S/C18H16N2O6S/c1-11-9-27(23,24)20(18(11)22)14-5-2-12(3-6-14)17(21)19-13-4-7-15-16(8-13)26-10-25-15/h2-8,11H,9-10H2,1H3,(H,19,21)/t11-/m1/s1. The molecule has 27 heavy (non-hydrogen) atoms. The van der Waals surface area contributed by atoms with Crippen LogP contribution in [0.1, 0.15) is 17.3 Å². The van der Waals surface area contributed by atoms with E-state index in [4.69, 9.17) is 9.47 Å². The minimum absolute atomic E-state index is 0.144. The van der Waals surface area contributed by atoms with Gasteiger partial charge in [0, 0.05) is 17.3 Å². The second-order valence-electron chi connectivity index (χ2n) is 6.35. The maximum absolute atomic E-state index is 12.4. The SMILES string of the molecule is C[C@@H]1CS(=O)(=O)N(c2ccc(C(=O)Nc3ccc4c(c3)OCO4)cc2)C1=O. The van der Waals surface area contributed by atoms with Gasteiger partial charge in [-0.1, -0.05) is 6.92 Å². The summed E-state index contributed by atoms with van der Waals surface area (Å²) in [6.07, 6.45) is 0. The Morgan fingerprint density at radius 3 is 2.48 bits per heavy atom. The van der Waals surface area contributed by atoms with E-state index < -0.39 is 21.8 Å². The first-order valence-electron chi connectivity index (χ1n) is 8.23. The van der Waals surface area contributed by atoms with Crippen LogP contribution in [-0.2, 0) is 14.8 Å². The summed E-state index contributed by atoms with van der Waals surface area (Å²) in [4.78, 5) is 24.5. The molecule has 1 N–H and O–H groups in total. The number of fused-ring (bicyclic) bond motifs is 1. The molecule has 0 aliphatic carbocycles. The molecule has 4 rings (SSSR count). The van der Waals surface area contributed by atoms with Crippen molar-refractivity contribution < 1.29 is 27.5 Å². The van der Waals surface area contributed by atoms with Crippen molar-refractivity contribution in [2.75, 3.05) is 22.2 Å². The van der Waals surface area contributed by atoms with E-state index in [1.165, 1.54) is 24.3 Å². The predicted molar refractivity (Wildman–Crippen MR) is 97.4 cm³/mol. The number of ether oxygens (including phenoxy) is 2. The Kier molecular flexibility index (Phi) is 4.03. The fourth-order valence-electron chi connectivity index (χ4n) is 3.01. The van der Waals surface area contributed by atoms with Gasteiger partial charge in [-0.2, -0.15) is 0 Å². The summed E-state index contributed by atoms with van der Waals surface area (Å²) in [7, 11) is -3.67. The number of anilines is 2. The molecule has 8 nitrogen and oxygen atoms in total. The molecular weight excluding hydrogens is 372 g/mol. The van der Waals surface area contributed by atoms with Crippen LogP contribution in [0.3, 0.4) is 0 Å². The molecule has 140 valence electrons. The Labute approximate surface area is 155 Å². The van der Waals surface area contributed by atoms with E-state index in [-0.39, 0.29) is 24.1 Å². The Hall–Kier alpha value is -3.07. The van der Waals surface area contributed by atoms with Crippen LogP contribution in [0.5, 0.6) is 11.5 Å². The molecule has 9 heteroatoms. The van der Waals surface area contributed by atoms with Gasteiger partial charge in [-0.15, -0.1) is 0 Å². The third-order valence-corrected chi connectivity index (χ3v) is 6.22. The van der Waals surface area contributed by atoms with E-state index in [1.54, 1.807) is 25.1 Å². The molecule has 0 bridgehead atoms. The molecular formula is C18H16N2O6S.